The van der Waals surface area contributed by atoms with E-state index in [1.165, 1.54) is 82.3 Å². The maximum Gasteiger partial charge on any atom is 0.238 e. The average molecular weight is 1610 g/mol. The van der Waals surface area contributed by atoms with Crippen LogP contribution in [0.5, 0.6) is 0 Å². The van der Waals surface area contributed by atoms with Crippen LogP contribution in [-0.4, -0.2) is 37.8 Å². The van der Waals surface area contributed by atoms with Crippen LogP contribution in [0.25, 0.3) is 238 Å². The van der Waals surface area contributed by atoms with Crippen LogP contribution in [0.3, 0.4) is 0 Å². The van der Waals surface area contributed by atoms with Crippen LogP contribution in [0.15, 0.2) is 450 Å². The van der Waals surface area contributed by atoms with E-state index in [2.05, 4.69) is 369 Å². The van der Waals surface area contributed by atoms with Gasteiger partial charge in [0.25, 0.3) is 0 Å². The zero-order valence-electron chi connectivity index (χ0n) is 67.9. The summed E-state index contributed by atoms with van der Waals surface area (Å²) in [5, 5.41) is 13.9. The van der Waals surface area contributed by atoms with Gasteiger partial charge in [-0.25, -0.2) is 4.98 Å². The van der Waals surface area contributed by atoms with Crippen molar-refractivity contribution in [2.75, 3.05) is 0 Å². The standard InChI is InChI=1S/C44H28N2O.C36H22N2O.C35H22N4O/c1-3-13-29(14-4-1)31-25-32(30-15-5-2-6-16-30)27-34(26-31)45-39-20-10-7-17-35(39)38-28-33(23-24-41(38)45)46-40-21-11-8-18-36(40)44-43(46)37-19-9-12-22-42(37)47-44;1-2-10-24-21-25(18-17-23(24)9-1)37-31-14-6-3-11-27(31)30-22-26(19-20-33(30)37)38-32-15-7-4-12-28(32)36-35(38)29-13-5-8-16-34(29)39-36;1-4-12-23(13-5-1)26-20-21-28-30(22-26)40-32-27-18-10-11-19-29(27)39(31(28)32)35-37-33(24-14-6-2-7-15-24)36-34(38-35)25-16-8-3-9-17-25/h1-28H;1-22H;1-22H. The van der Waals surface area contributed by atoms with Crippen molar-refractivity contribution in [3.8, 4) is 84.9 Å². The molecule has 0 amide bonds. The Balaban J connectivity index is 0.000000104. The van der Waals surface area contributed by atoms with Gasteiger partial charge in [0.1, 0.15) is 33.3 Å². The third kappa shape index (κ3) is 11.8. The summed E-state index contributed by atoms with van der Waals surface area (Å²) in [6.07, 6.45) is 0. The molecule has 126 heavy (non-hydrogen) atoms. The largest absolute Gasteiger partial charge is 0.454 e. The molecule has 0 saturated heterocycles. The van der Waals surface area contributed by atoms with Crippen molar-refractivity contribution in [2.24, 2.45) is 0 Å². The molecule has 0 fully saturated rings. The zero-order valence-corrected chi connectivity index (χ0v) is 67.9. The van der Waals surface area contributed by atoms with Crippen LogP contribution in [-0.2, 0) is 0 Å². The second-order valence-electron chi connectivity index (χ2n) is 32.1. The summed E-state index contributed by atoms with van der Waals surface area (Å²) >= 11 is 0. The van der Waals surface area contributed by atoms with E-state index >= 15 is 0 Å². The van der Waals surface area contributed by atoms with E-state index in [1.54, 1.807) is 0 Å². The van der Waals surface area contributed by atoms with Crippen molar-refractivity contribution >= 4 is 153 Å². The number of nitrogens with zero attached hydrogens (tertiary/aromatic N) is 8. The highest BCUT2D eigenvalue weighted by molar-refractivity contribution is 6.20. The first-order valence-corrected chi connectivity index (χ1v) is 42.5. The molecular formula is C115H72N8O3. The predicted octanol–water partition coefficient (Wildman–Crippen LogP) is 30.5. The third-order valence-corrected chi connectivity index (χ3v) is 24.8. The first-order valence-electron chi connectivity index (χ1n) is 42.5. The van der Waals surface area contributed by atoms with Gasteiger partial charge in [0, 0.05) is 87.7 Å². The Morgan fingerprint density at radius 3 is 0.976 bits per heavy atom. The zero-order chi connectivity index (χ0) is 82.9. The van der Waals surface area contributed by atoms with Gasteiger partial charge >= 0.3 is 0 Å². The quantitative estimate of drug-likeness (QED) is 0.135. The number of rotatable bonds is 10. The molecule has 27 rings (SSSR count). The molecule has 11 heteroatoms. The molecule has 0 aliphatic rings. The number of aromatic nitrogens is 8. The highest BCUT2D eigenvalue weighted by Gasteiger charge is 2.27. The van der Waals surface area contributed by atoms with Gasteiger partial charge in [0.15, 0.2) is 28.4 Å². The molecule has 11 nitrogen and oxygen atoms in total. The second kappa shape index (κ2) is 29.3. The lowest BCUT2D eigenvalue weighted by Crippen LogP contribution is -2.06. The van der Waals surface area contributed by atoms with Crippen molar-refractivity contribution in [2.45, 2.75) is 0 Å². The Morgan fingerprint density at radius 2 is 0.500 bits per heavy atom. The van der Waals surface area contributed by atoms with Gasteiger partial charge in [-0.3, -0.25) is 4.57 Å². The average Bonchev–Trinajstić information content (AvgIpc) is 1.56. The summed E-state index contributed by atoms with van der Waals surface area (Å²) in [5.41, 5.74) is 30.0. The van der Waals surface area contributed by atoms with E-state index in [-0.39, 0.29) is 0 Å². The molecular weight excluding hydrogens is 1540 g/mol. The molecule has 0 aliphatic carbocycles. The number of benzene rings is 18. The fourth-order valence-electron chi connectivity index (χ4n) is 19.2. The molecule has 0 unspecified atom stereocenters. The lowest BCUT2D eigenvalue weighted by atomic mass is 9.98. The summed E-state index contributed by atoms with van der Waals surface area (Å²) in [6.45, 7) is 0. The SMILES string of the molecule is c1ccc(-c2cc(-c3ccccc3)cc(-n3c4ccccc4c4cc(-n5c6ccccc6c6oc7ccccc7c65)ccc43)c2)cc1.c1ccc(-c2ccc3c(c2)oc2c4ccccc4n(-c4nc(-c5ccccc5)nc(-c5ccccc5)n4)c32)cc1.c1ccc2cc(-n3c4ccccc4c4cc(-n5c6ccccc6c6oc7ccccc7c65)ccc43)ccc2c1. The Kier molecular flexibility index (Phi) is 16.7. The van der Waals surface area contributed by atoms with Crippen molar-refractivity contribution in [1.82, 2.24) is 37.8 Å². The third-order valence-electron chi connectivity index (χ3n) is 24.8. The fourth-order valence-corrected chi connectivity index (χ4v) is 19.2. The minimum absolute atomic E-state index is 0.550. The highest BCUT2D eigenvalue weighted by Crippen LogP contribution is 2.46. The second-order valence-corrected chi connectivity index (χ2v) is 32.1. The molecule has 0 bridgehead atoms. The lowest BCUT2D eigenvalue weighted by Gasteiger charge is -2.14. The Labute approximate surface area is 721 Å². The summed E-state index contributed by atoms with van der Waals surface area (Å²) in [7, 11) is 0. The Bertz CT molecular complexity index is 8850. The molecule has 0 N–H and O–H groups in total. The molecule has 9 aromatic heterocycles. The van der Waals surface area contributed by atoms with Crippen LogP contribution in [0.2, 0.25) is 0 Å². The smallest absolute Gasteiger partial charge is 0.238 e. The van der Waals surface area contributed by atoms with E-state index in [0.29, 0.717) is 17.6 Å². The first-order chi connectivity index (χ1) is 62.5. The molecule has 9 heterocycles. The monoisotopic (exact) mass is 1610 g/mol. The summed E-state index contributed by atoms with van der Waals surface area (Å²) in [5.74, 6) is 1.79. The number of fused-ring (bicyclic) bond motifs is 22. The van der Waals surface area contributed by atoms with Gasteiger partial charge in [-0.2, -0.15) is 9.97 Å². The number of hydrogen-bond acceptors (Lipinski definition) is 6. The maximum atomic E-state index is 6.57. The van der Waals surface area contributed by atoms with Crippen LogP contribution < -0.4 is 0 Å². The van der Waals surface area contributed by atoms with Crippen molar-refractivity contribution in [1.29, 1.82) is 0 Å². The first kappa shape index (κ1) is 71.7. The van der Waals surface area contributed by atoms with E-state index < -0.39 is 0 Å². The van der Waals surface area contributed by atoms with E-state index in [9.17, 15) is 0 Å². The molecule has 0 aliphatic heterocycles. The van der Waals surface area contributed by atoms with E-state index in [4.69, 9.17) is 28.2 Å². The molecule has 0 spiro atoms. The molecule has 18 aromatic carbocycles. The van der Waals surface area contributed by atoms with Gasteiger partial charge < -0.3 is 31.5 Å². The van der Waals surface area contributed by atoms with Crippen LogP contribution in [0.4, 0.5) is 0 Å². The number of para-hydroxylation sites is 7. The topological polar surface area (TPSA) is 103 Å². The van der Waals surface area contributed by atoms with E-state index in [1.807, 2.05) is 91.0 Å². The predicted molar refractivity (Wildman–Crippen MR) is 518 cm³/mol. The van der Waals surface area contributed by atoms with Crippen LogP contribution in [0.1, 0.15) is 0 Å². The summed E-state index contributed by atoms with van der Waals surface area (Å²) in [6, 6.07) is 154. The highest BCUT2D eigenvalue weighted by atomic mass is 16.3. The summed E-state index contributed by atoms with van der Waals surface area (Å²) < 4.78 is 31.1. The fraction of sp³-hybridized carbons (Fsp3) is 0. The molecule has 27 aromatic rings. The van der Waals surface area contributed by atoms with Crippen molar-refractivity contribution < 1.29 is 13.3 Å². The molecule has 0 saturated carbocycles. The Morgan fingerprint density at radius 1 is 0.167 bits per heavy atom. The van der Waals surface area contributed by atoms with Crippen LogP contribution >= 0.6 is 0 Å². The van der Waals surface area contributed by atoms with Crippen molar-refractivity contribution in [3.63, 3.8) is 0 Å². The minimum atomic E-state index is 0.550. The van der Waals surface area contributed by atoms with Crippen molar-refractivity contribution in [3.05, 3.63) is 437 Å². The summed E-state index contributed by atoms with van der Waals surface area (Å²) in [4.78, 5) is 14.9. The van der Waals surface area contributed by atoms with Gasteiger partial charge in [-0.1, -0.05) is 285 Å². The number of furan rings is 3. The normalized spacial score (nSPS) is 11.8. The van der Waals surface area contributed by atoms with Gasteiger partial charge in [0.05, 0.1) is 38.6 Å². The molecule has 0 radical (unpaired) electrons. The van der Waals surface area contributed by atoms with Gasteiger partial charge in [-0.15, -0.1) is 0 Å². The minimum Gasteiger partial charge on any atom is -0.454 e. The van der Waals surface area contributed by atoms with E-state index in [0.717, 1.165) is 138 Å². The van der Waals surface area contributed by atoms with Gasteiger partial charge in [0.2, 0.25) is 5.95 Å². The van der Waals surface area contributed by atoms with Gasteiger partial charge in [-0.05, 0) is 196 Å². The maximum absolute atomic E-state index is 6.57. The molecule has 590 valence electrons. The lowest BCUT2D eigenvalue weighted by molar-refractivity contribution is 0.672. The number of hydrogen-bond donors (Lipinski definition) is 0. The Hall–Kier alpha value is -17.2. The molecule has 0 atom stereocenters. The van der Waals surface area contributed by atoms with Crippen LogP contribution in [0, 0.1) is 0 Å².